The van der Waals surface area contributed by atoms with Crippen LogP contribution < -0.4 is 5.76 Å². The van der Waals surface area contributed by atoms with Gasteiger partial charge >= 0.3 is 11.7 Å². The van der Waals surface area contributed by atoms with Crippen LogP contribution in [-0.2, 0) is 11.8 Å². The zero-order valence-electron chi connectivity index (χ0n) is 10.5. The number of benzene rings is 1. The van der Waals surface area contributed by atoms with Crippen molar-refractivity contribution < 1.29 is 19.1 Å². The van der Waals surface area contributed by atoms with Crippen LogP contribution in [0.25, 0.3) is 11.1 Å². The van der Waals surface area contributed by atoms with Crippen LogP contribution in [0.4, 0.5) is 0 Å². The number of rotatable bonds is 4. The molecule has 0 aliphatic carbocycles. The van der Waals surface area contributed by atoms with Gasteiger partial charge in [-0.1, -0.05) is 6.92 Å². The molecule has 0 aliphatic rings. The number of aromatic nitrogens is 1. The molecule has 1 heterocycles. The molecule has 0 amide bonds. The van der Waals surface area contributed by atoms with E-state index in [9.17, 15) is 14.4 Å². The summed E-state index contributed by atoms with van der Waals surface area (Å²) < 4.78 is 6.25. The predicted molar refractivity (Wildman–Crippen MR) is 67.2 cm³/mol. The van der Waals surface area contributed by atoms with Gasteiger partial charge < -0.3 is 9.52 Å². The molecule has 2 rings (SSSR count). The first-order valence-electron chi connectivity index (χ1n) is 5.75. The zero-order valence-corrected chi connectivity index (χ0v) is 10.5. The maximum Gasteiger partial charge on any atom is 0.419 e. The Morgan fingerprint density at radius 1 is 1.42 bits per heavy atom. The Balaban J connectivity index is 2.35. The second kappa shape index (κ2) is 4.72. The Kier molecular flexibility index (Phi) is 3.25. The van der Waals surface area contributed by atoms with Gasteiger partial charge in [0.25, 0.3) is 0 Å². The average molecular weight is 263 g/mol. The number of carbonyl (C=O) groups excluding carboxylic acids is 1. The highest BCUT2D eigenvalue weighted by molar-refractivity contribution is 6.00. The summed E-state index contributed by atoms with van der Waals surface area (Å²) in [6.45, 7) is 1.48. The fourth-order valence-electron chi connectivity index (χ4n) is 1.78. The molecule has 1 atom stereocenters. The zero-order chi connectivity index (χ0) is 14.2. The van der Waals surface area contributed by atoms with Crippen molar-refractivity contribution in [1.82, 2.24) is 4.57 Å². The number of hydrogen-bond donors (Lipinski definition) is 1. The molecule has 1 aromatic heterocycles. The van der Waals surface area contributed by atoms with Gasteiger partial charge in [0.2, 0.25) is 0 Å². The van der Waals surface area contributed by atoms with Crippen molar-refractivity contribution in [3.8, 4) is 0 Å². The molecule has 0 saturated carbocycles. The third-order valence-electron chi connectivity index (χ3n) is 3.03. The number of oxazole rings is 1. The molecule has 6 nitrogen and oxygen atoms in total. The Morgan fingerprint density at radius 2 is 2.11 bits per heavy atom. The van der Waals surface area contributed by atoms with E-state index in [1.165, 1.54) is 29.7 Å². The summed E-state index contributed by atoms with van der Waals surface area (Å²) in [5.41, 5.74) is 1.28. The van der Waals surface area contributed by atoms with E-state index in [1.807, 2.05) is 0 Å². The maximum absolute atomic E-state index is 11.9. The summed E-state index contributed by atoms with van der Waals surface area (Å²) in [7, 11) is 1.54. The van der Waals surface area contributed by atoms with Gasteiger partial charge in [-0.25, -0.2) is 4.79 Å². The van der Waals surface area contributed by atoms with Crippen molar-refractivity contribution in [2.24, 2.45) is 13.0 Å². The Morgan fingerprint density at radius 3 is 2.74 bits per heavy atom. The molecule has 0 bridgehead atoms. The quantitative estimate of drug-likeness (QED) is 0.843. The van der Waals surface area contributed by atoms with Crippen LogP contribution in [0.3, 0.4) is 0 Å². The van der Waals surface area contributed by atoms with Gasteiger partial charge in [0.15, 0.2) is 11.4 Å². The van der Waals surface area contributed by atoms with Gasteiger partial charge in [-0.15, -0.1) is 0 Å². The number of carboxylic acids is 1. The van der Waals surface area contributed by atoms with Crippen molar-refractivity contribution in [1.29, 1.82) is 0 Å². The van der Waals surface area contributed by atoms with Crippen molar-refractivity contribution in [2.45, 2.75) is 13.3 Å². The van der Waals surface area contributed by atoms with E-state index in [0.29, 0.717) is 16.7 Å². The van der Waals surface area contributed by atoms with Crippen molar-refractivity contribution in [3.63, 3.8) is 0 Å². The number of hydrogen-bond acceptors (Lipinski definition) is 4. The fourth-order valence-corrected chi connectivity index (χ4v) is 1.78. The smallest absolute Gasteiger partial charge is 0.419 e. The lowest BCUT2D eigenvalue weighted by atomic mass is 10.00. The molecule has 0 aliphatic heterocycles. The molecule has 100 valence electrons. The molecule has 1 unspecified atom stereocenters. The third kappa shape index (κ3) is 2.42. The average Bonchev–Trinajstić information content (AvgIpc) is 2.64. The van der Waals surface area contributed by atoms with E-state index in [-0.39, 0.29) is 12.2 Å². The van der Waals surface area contributed by atoms with Crippen LogP contribution in [0.2, 0.25) is 0 Å². The molecule has 1 aromatic carbocycles. The van der Waals surface area contributed by atoms with Crippen LogP contribution in [0.5, 0.6) is 0 Å². The highest BCUT2D eigenvalue weighted by Gasteiger charge is 2.18. The molecule has 2 aromatic rings. The fraction of sp³-hybridized carbons (Fsp3) is 0.308. The number of aliphatic carboxylic acids is 1. The minimum Gasteiger partial charge on any atom is -0.481 e. The van der Waals surface area contributed by atoms with E-state index in [4.69, 9.17) is 9.52 Å². The topological polar surface area (TPSA) is 89.5 Å². The summed E-state index contributed by atoms with van der Waals surface area (Å²) in [6, 6.07) is 4.61. The lowest BCUT2D eigenvalue weighted by molar-refractivity contribution is -0.141. The molecule has 0 saturated heterocycles. The van der Waals surface area contributed by atoms with E-state index < -0.39 is 17.6 Å². The van der Waals surface area contributed by atoms with E-state index >= 15 is 0 Å². The van der Waals surface area contributed by atoms with Gasteiger partial charge in [0.05, 0.1) is 11.4 Å². The second-order valence-corrected chi connectivity index (χ2v) is 4.48. The number of ketones is 1. The summed E-state index contributed by atoms with van der Waals surface area (Å²) in [6.07, 6.45) is -0.0767. The maximum atomic E-state index is 11.9. The van der Waals surface area contributed by atoms with Crippen LogP contribution >= 0.6 is 0 Å². The number of carboxylic acid groups (broad SMARTS) is 1. The first-order chi connectivity index (χ1) is 8.90. The summed E-state index contributed by atoms with van der Waals surface area (Å²) in [4.78, 5) is 34.0. The van der Waals surface area contributed by atoms with Crippen LogP contribution in [-0.4, -0.2) is 21.4 Å². The summed E-state index contributed by atoms with van der Waals surface area (Å²) in [5, 5.41) is 8.78. The van der Waals surface area contributed by atoms with Gasteiger partial charge in [0.1, 0.15) is 0 Å². The lowest BCUT2D eigenvalue weighted by Gasteiger charge is -2.05. The number of fused-ring (bicyclic) bond motifs is 1. The van der Waals surface area contributed by atoms with Crippen LogP contribution in [0, 0.1) is 5.92 Å². The van der Waals surface area contributed by atoms with E-state index in [1.54, 1.807) is 7.05 Å². The molecule has 0 fully saturated rings. The highest BCUT2D eigenvalue weighted by Crippen LogP contribution is 2.17. The van der Waals surface area contributed by atoms with E-state index in [2.05, 4.69) is 0 Å². The minimum absolute atomic E-state index is 0.0767. The first-order valence-corrected chi connectivity index (χ1v) is 5.75. The van der Waals surface area contributed by atoms with Crippen LogP contribution in [0.15, 0.2) is 27.4 Å². The number of nitrogens with zero attached hydrogens (tertiary/aromatic N) is 1. The summed E-state index contributed by atoms with van der Waals surface area (Å²) in [5.74, 6) is -2.52. The van der Waals surface area contributed by atoms with Crippen molar-refractivity contribution in [3.05, 3.63) is 34.3 Å². The van der Waals surface area contributed by atoms with Crippen molar-refractivity contribution >= 4 is 22.9 Å². The highest BCUT2D eigenvalue weighted by atomic mass is 16.4. The normalized spacial score (nSPS) is 12.5. The molecule has 0 radical (unpaired) electrons. The molecular weight excluding hydrogens is 250 g/mol. The summed E-state index contributed by atoms with van der Waals surface area (Å²) >= 11 is 0. The first kappa shape index (κ1) is 13.1. The van der Waals surface area contributed by atoms with Crippen molar-refractivity contribution in [2.75, 3.05) is 0 Å². The largest absolute Gasteiger partial charge is 0.481 e. The molecule has 1 N–H and O–H groups in total. The van der Waals surface area contributed by atoms with E-state index in [0.717, 1.165) is 0 Å². The van der Waals surface area contributed by atoms with Gasteiger partial charge in [-0.05, 0) is 18.2 Å². The van der Waals surface area contributed by atoms with Gasteiger partial charge in [0, 0.05) is 19.0 Å². The van der Waals surface area contributed by atoms with Crippen LogP contribution in [0.1, 0.15) is 23.7 Å². The molecule has 0 spiro atoms. The van der Waals surface area contributed by atoms with Gasteiger partial charge in [-0.3, -0.25) is 14.2 Å². The lowest BCUT2D eigenvalue weighted by Crippen LogP contribution is -2.14. The standard InChI is InChI=1S/C13H13NO5/c1-7(12(16)17)5-10(15)8-3-4-11-9(6-8)14(2)13(18)19-11/h3-4,6-7H,5H2,1-2H3,(H,16,17). The SMILES string of the molecule is CC(CC(=O)c1ccc2oc(=O)n(C)c2c1)C(=O)O. The molecular formula is C13H13NO5. The minimum atomic E-state index is -1.01. The van der Waals surface area contributed by atoms with Gasteiger partial charge in [-0.2, -0.15) is 0 Å². The Bertz CT molecular complexity index is 709. The molecule has 19 heavy (non-hydrogen) atoms. The third-order valence-corrected chi connectivity index (χ3v) is 3.03. The number of aryl methyl sites for hydroxylation is 1. The molecule has 6 heteroatoms. The second-order valence-electron chi connectivity index (χ2n) is 4.48. The Labute approximate surface area is 108 Å². The Hall–Kier alpha value is -2.37. The monoisotopic (exact) mass is 263 g/mol. The number of carbonyl (C=O) groups is 2. The predicted octanol–water partition coefficient (Wildman–Crippen LogP) is 1.43. The number of Topliss-reactive ketones (excluding diaryl/α,β-unsaturated/α-hetero) is 1.